The molecule has 1 fully saturated rings. The van der Waals surface area contributed by atoms with E-state index in [4.69, 9.17) is 16.3 Å². The van der Waals surface area contributed by atoms with Crippen LogP contribution in [-0.2, 0) is 4.74 Å². The van der Waals surface area contributed by atoms with Crippen LogP contribution in [0, 0.1) is 11.8 Å². The summed E-state index contributed by atoms with van der Waals surface area (Å²) in [6, 6.07) is 0. The number of nitrogens with zero attached hydrogens (tertiary/aromatic N) is 2. The molecule has 0 aromatic rings. The number of carbonyl (C=O) groups excluding carboxylic acids is 2. The average molecular weight is 291 g/mol. The monoisotopic (exact) mass is 290 g/mol. The minimum Gasteiger partial charge on any atom is -0.453 e. The van der Waals surface area contributed by atoms with Crippen molar-refractivity contribution in [3.05, 3.63) is 0 Å². The van der Waals surface area contributed by atoms with Crippen molar-refractivity contribution < 1.29 is 14.3 Å². The van der Waals surface area contributed by atoms with Crippen LogP contribution < -0.4 is 0 Å². The number of halogens is 1. The summed E-state index contributed by atoms with van der Waals surface area (Å²) in [6.07, 6.45) is -0.343. The Bertz CT molecular complexity index is 350. The molecule has 0 aromatic carbocycles. The molecule has 5 nitrogen and oxygen atoms in total. The van der Waals surface area contributed by atoms with Crippen LogP contribution in [0.25, 0.3) is 0 Å². The van der Waals surface area contributed by atoms with Crippen molar-refractivity contribution >= 4 is 23.1 Å². The predicted octanol–water partition coefficient (Wildman–Crippen LogP) is 2.78. The fraction of sp³-hybridized carbons (Fsp3) is 0.846. The van der Waals surface area contributed by atoms with E-state index >= 15 is 0 Å². The number of carbonyl (C=O) groups is 2. The van der Waals surface area contributed by atoms with Gasteiger partial charge < -0.3 is 9.64 Å². The van der Waals surface area contributed by atoms with Gasteiger partial charge in [0, 0.05) is 19.6 Å². The Balaban J connectivity index is 3.18. The molecule has 1 aliphatic rings. The highest BCUT2D eigenvalue weighted by molar-refractivity contribution is 6.62. The molecular weight excluding hydrogens is 268 g/mol. The van der Waals surface area contributed by atoms with E-state index in [0.717, 1.165) is 0 Å². The van der Waals surface area contributed by atoms with Gasteiger partial charge in [0.25, 0.3) is 0 Å². The molecular formula is C13H23ClN2O3. The number of rotatable bonds is 2. The van der Waals surface area contributed by atoms with Crippen LogP contribution in [-0.4, -0.2) is 53.5 Å². The van der Waals surface area contributed by atoms with E-state index in [1.807, 2.05) is 0 Å². The number of amides is 2. The maximum Gasteiger partial charge on any atom is 0.410 e. The zero-order valence-corrected chi connectivity index (χ0v) is 13.0. The third-order valence-electron chi connectivity index (χ3n) is 4.18. The van der Waals surface area contributed by atoms with Crippen LogP contribution in [0.2, 0.25) is 0 Å². The van der Waals surface area contributed by atoms with Gasteiger partial charge in [-0.15, -0.1) is 0 Å². The molecule has 0 unspecified atom stereocenters. The lowest BCUT2D eigenvalue weighted by molar-refractivity contribution is -0.0379. The molecule has 0 aromatic heterocycles. The topological polar surface area (TPSA) is 49.9 Å². The first kappa shape index (κ1) is 16.1. The lowest BCUT2D eigenvalue weighted by Gasteiger charge is -2.54. The van der Waals surface area contributed by atoms with Crippen molar-refractivity contribution in [2.75, 3.05) is 26.7 Å². The minimum atomic E-state index is -0.463. The van der Waals surface area contributed by atoms with E-state index in [1.54, 1.807) is 9.80 Å². The number of hydrogen-bond acceptors (Lipinski definition) is 3. The molecule has 1 aliphatic heterocycles. The predicted molar refractivity (Wildman–Crippen MR) is 74.3 cm³/mol. The zero-order valence-electron chi connectivity index (χ0n) is 12.3. The second kappa shape index (κ2) is 5.99. The highest BCUT2D eigenvalue weighted by Gasteiger charge is 2.49. The summed E-state index contributed by atoms with van der Waals surface area (Å²) < 4.78 is 4.89. The van der Waals surface area contributed by atoms with Gasteiger partial charge in [-0.25, -0.2) is 4.79 Å². The molecule has 0 aliphatic carbocycles. The third-order valence-corrected chi connectivity index (χ3v) is 4.42. The number of methoxy groups -OCH3 is 1. The molecule has 19 heavy (non-hydrogen) atoms. The Kier molecular flexibility index (Phi) is 5.07. The van der Waals surface area contributed by atoms with E-state index in [9.17, 15) is 9.59 Å². The first-order valence-corrected chi connectivity index (χ1v) is 6.95. The Hall–Kier alpha value is -0.970. The Morgan fingerprint density at radius 3 is 2.05 bits per heavy atom. The van der Waals surface area contributed by atoms with E-state index in [1.165, 1.54) is 7.11 Å². The average Bonchev–Trinajstić information content (AvgIpc) is 2.36. The third kappa shape index (κ3) is 2.81. The quantitative estimate of drug-likeness (QED) is 0.580. The summed E-state index contributed by atoms with van der Waals surface area (Å²) in [4.78, 5) is 26.8. The molecule has 0 N–H and O–H groups in total. The summed E-state index contributed by atoms with van der Waals surface area (Å²) in [5.41, 5.74) is -0.449. The van der Waals surface area contributed by atoms with Crippen LogP contribution in [0.1, 0.15) is 27.7 Å². The Morgan fingerprint density at radius 1 is 1.16 bits per heavy atom. The number of piperazine rings is 1. The Morgan fingerprint density at radius 2 is 1.68 bits per heavy atom. The Labute approximate surface area is 119 Å². The maximum atomic E-state index is 12.0. The molecule has 0 spiro atoms. The fourth-order valence-electron chi connectivity index (χ4n) is 3.08. The summed E-state index contributed by atoms with van der Waals surface area (Å²) in [7, 11) is 1.38. The molecule has 6 heteroatoms. The van der Waals surface area contributed by atoms with Crippen molar-refractivity contribution in [3.63, 3.8) is 0 Å². The van der Waals surface area contributed by atoms with Crippen LogP contribution in [0.15, 0.2) is 0 Å². The van der Waals surface area contributed by atoms with Gasteiger partial charge in [-0.3, -0.25) is 9.69 Å². The maximum absolute atomic E-state index is 12.0. The molecule has 0 atom stereocenters. The van der Waals surface area contributed by atoms with Gasteiger partial charge in [0.05, 0.1) is 12.6 Å². The van der Waals surface area contributed by atoms with Crippen LogP contribution in [0.5, 0.6) is 0 Å². The summed E-state index contributed by atoms with van der Waals surface area (Å²) >= 11 is 5.61. The lowest BCUT2D eigenvalue weighted by Crippen LogP contribution is -2.69. The van der Waals surface area contributed by atoms with Crippen LogP contribution in [0.4, 0.5) is 9.59 Å². The minimum absolute atomic E-state index is 0.186. The largest absolute Gasteiger partial charge is 0.453 e. The van der Waals surface area contributed by atoms with E-state index in [2.05, 4.69) is 27.7 Å². The molecule has 0 bridgehead atoms. The fourth-order valence-corrected chi connectivity index (χ4v) is 3.22. The highest BCUT2D eigenvalue weighted by Crippen LogP contribution is 2.37. The van der Waals surface area contributed by atoms with Gasteiger partial charge >= 0.3 is 11.5 Å². The summed E-state index contributed by atoms with van der Waals surface area (Å²) in [5.74, 6) is 0.371. The van der Waals surface area contributed by atoms with Gasteiger partial charge in [0.2, 0.25) is 0 Å². The zero-order chi connectivity index (χ0) is 14.8. The number of hydrogen-bond donors (Lipinski definition) is 0. The molecule has 0 radical (unpaired) electrons. The van der Waals surface area contributed by atoms with Gasteiger partial charge in [-0.05, 0) is 23.4 Å². The van der Waals surface area contributed by atoms with Crippen molar-refractivity contribution in [2.24, 2.45) is 11.8 Å². The smallest absolute Gasteiger partial charge is 0.410 e. The van der Waals surface area contributed by atoms with Crippen LogP contribution >= 0.6 is 11.6 Å². The first-order chi connectivity index (χ1) is 8.77. The van der Waals surface area contributed by atoms with Crippen molar-refractivity contribution in [3.8, 4) is 0 Å². The second-order valence-corrected chi connectivity index (χ2v) is 5.92. The highest BCUT2D eigenvalue weighted by atomic mass is 35.5. The second-order valence-electron chi connectivity index (χ2n) is 5.60. The van der Waals surface area contributed by atoms with E-state index < -0.39 is 10.9 Å². The SMILES string of the molecule is COC(=O)N1CCN(C(=O)Cl)CC1(C(C)C)C(C)C. The van der Waals surface area contributed by atoms with Gasteiger partial charge in [0.1, 0.15) is 0 Å². The van der Waals surface area contributed by atoms with Gasteiger partial charge in [-0.1, -0.05) is 27.7 Å². The van der Waals surface area contributed by atoms with Crippen molar-refractivity contribution in [2.45, 2.75) is 33.2 Å². The van der Waals surface area contributed by atoms with Crippen molar-refractivity contribution in [1.82, 2.24) is 9.80 Å². The summed E-state index contributed by atoms with van der Waals surface area (Å²) in [6.45, 7) is 9.55. The van der Waals surface area contributed by atoms with E-state index in [-0.39, 0.29) is 17.9 Å². The molecule has 1 rings (SSSR count). The standard InChI is InChI=1S/C13H23ClN2O3/c1-9(2)13(10(3)4)8-15(11(14)17)6-7-16(13)12(18)19-5/h9-10H,6-8H2,1-5H3. The summed E-state index contributed by atoms with van der Waals surface area (Å²) in [5, 5.41) is -0.463. The lowest BCUT2D eigenvalue weighted by atomic mass is 9.74. The first-order valence-electron chi connectivity index (χ1n) is 6.57. The van der Waals surface area contributed by atoms with Crippen LogP contribution in [0.3, 0.4) is 0 Å². The van der Waals surface area contributed by atoms with E-state index in [0.29, 0.717) is 19.6 Å². The molecule has 1 saturated heterocycles. The normalized spacial score (nSPS) is 18.9. The molecule has 110 valence electrons. The molecule has 0 saturated carbocycles. The molecule has 2 amide bonds. The molecule has 1 heterocycles. The van der Waals surface area contributed by atoms with Gasteiger partial charge in [0.15, 0.2) is 0 Å². The number of ether oxygens (including phenoxy) is 1. The van der Waals surface area contributed by atoms with Crippen molar-refractivity contribution in [1.29, 1.82) is 0 Å². The van der Waals surface area contributed by atoms with Gasteiger partial charge in [-0.2, -0.15) is 0 Å².